The van der Waals surface area contributed by atoms with Crippen molar-refractivity contribution in [3.05, 3.63) is 118 Å². The van der Waals surface area contributed by atoms with E-state index >= 15 is 0 Å². The normalized spacial score (nSPS) is 12.0. The fraction of sp³-hybridized carbons (Fsp3) is 0.0800. The maximum Gasteiger partial charge on any atom is 0.243 e. The average molecular weight is 544 g/mol. The molecule has 1 heterocycles. The molecule has 0 saturated heterocycles. The molecule has 0 aliphatic carbocycles. The monoisotopic (exact) mass is 542 g/mol. The molecule has 0 aliphatic rings. The van der Waals surface area contributed by atoms with Gasteiger partial charge in [0.05, 0.1) is 23.3 Å². The van der Waals surface area contributed by atoms with Crippen molar-refractivity contribution in [1.82, 2.24) is 4.31 Å². The van der Waals surface area contributed by atoms with E-state index in [0.29, 0.717) is 16.5 Å². The Hall–Kier alpha value is -2.71. The molecule has 0 N–H and O–H groups in total. The molecule has 4 aromatic rings. The molecule has 168 valence electrons. The molecule has 4 rings (SSSR count). The van der Waals surface area contributed by atoms with E-state index in [9.17, 15) is 8.42 Å². The van der Waals surface area contributed by atoms with E-state index in [1.54, 1.807) is 30.5 Å². The molecular weight excluding hydrogens is 524 g/mol. The number of aliphatic imine (C=N–C) groups is 1. The van der Waals surface area contributed by atoms with E-state index in [-0.39, 0.29) is 18.0 Å². The third kappa shape index (κ3) is 6.21. The number of nitrogens with zero attached hydrogens (tertiary/aromatic N) is 2. The molecule has 33 heavy (non-hydrogen) atoms. The number of sulfonamides is 1. The number of hydrogen-bond acceptors (Lipinski definition) is 4. The first kappa shape index (κ1) is 23.4. The Morgan fingerprint density at radius 2 is 1.67 bits per heavy atom. The van der Waals surface area contributed by atoms with Crippen molar-refractivity contribution in [2.24, 2.45) is 4.99 Å². The van der Waals surface area contributed by atoms with Gasteiger partial charge in [0.25, 0.3) is 0 Å². The molecule has 8 heteroatoms. The standard InChI is InChI=1S/C25H20BrClN2O3S/c26-20-7-4-8-22(15-20)28-16-23-11-12-24(32-23)18-29(17-19-5-2-1-3-6-19)33(30,31)25-13-9-21(27)10-14-25/h1-16H,17-18H2. The Kier molecular flexibility index (Phi) is 7.45. The lowest BCUT2D eigenvalue weighted by molar-refractivity contribution is 0.357. The van der Waals surface area contributed by atoms with Crippen molar-refractivity contribution in [2.75, 3.05) is 0 Å². The second kappa shape index (κ2) is 10.5. The largest absolute Gasteiger partial charge is 0.459 e. The summed E-state index contributed by atoms with van der Waals surface area (Å²) in [5.41, 5.74) is 1.65. The number of hydrogen-bond donors (Lipinski definition) is 0. The summed E-state index contributed by atoms with van der Waals surface area (Å²) in [4.78, 5) is 4.58. The molecule has 0 bridgehead atoms. The van der Waals surface area contributed by atoms with Gasteiger partial charge in [0.2, 0.25) is 10.0 Å². The maximum absolute atomic E-state index is 13.4. The Balaban J connectivity index is 1.58. The second-order valence-corrected chi connectivity index (χ2v) is 10.5. The van der Waals surface area contributed by atoms with E-state index in [1.807, 2.05) is 54.6 Å². The fourth-order valence-corrected chi connectivity index (χ4v) is 5.09. The van der Waals surface area contributed by atoms with Crippen molar-refractivity contribution in [1.29, 1.82) is 0 Å². The first-order valence-corrected chi connectivity index (χ1v) is 12.7. The highest BCUT2D eigenvalue weighted by atomic mass is 79.9. The molecule has 0 amide bonds. The second-order valence-electron chi connectivity index (χ2n) is 7.25. The van der Waals surface area contributed by atoms with Gasteiger partial charge >= 0.3 is 0 Å². The highest BCUT2D eigenvalue weighted by molar-refractivity contribution is 9.10. The van der Waals surface area contributed by atoms with Crippen LogP contribution < -0.4 is 0 Å². The number of benzene rings is 3. The third-order valence-corrected chi connectivity index (χ3v) is 7.37. The molecule has 0 fully saturated rings. The van der Waals surface area contributed by atoms with Gasteiger partial charge < -0.3 is 4.42 Å². The Morgan fingerprint density at radius 3 is 2.39 bits per heavy atom. The summed E-state index contributed by atoms with van der Waals surface area (Å²) in [6.45, 7) is 0.276. The summed E-state index contributed by atoms with van der Waals surface area (Å²) in [5, 5.41) is 0.476. The molecule has 0 unspecified atom stereocenters. The minimum atomic E-state index is -3.79. The van der Waals surface area contributed by atoms with Crippen LogP contribution in [0.1, 0.15) is 17.1 Å². The van der Waals surface area contributed by atoms with Crippen LogP contribution in [0.15, 0.2) is 110 Å². The number of halogens is 2. The predicted octanol–water partition coefficient (Wildman–Crippen LogP) is 6.84. The van der Waals surface area contributed by atoms with E-state index in [2.05, 4.69) is 20.9 Å². The Bertz CT molecular complexity index is 1350. The van der Waals surface area contributed by atoms with Crippen LogP contribution in [0.25, 0.3) is 0 Å². The first-order valence-electron chi connectivity index (χ1n) is 10.1. The summed E-state index contributed by atoms with van der Waals surface area (Å²) in [7, 11) is -3.79. The summed E-state index contributed by atoms with van der Waals surface area (Å²) < 4.78 is 35.0. The molecule has 0 radical (unpaired) electrons. The predicted molar refractivity (Wildman–Crippen MR) is 134 cm³/mol. The van der Waals surface area contributed by atoms with Crippen molar-refractivity contribution < 1.29 is 12.8 Å². The molecule has 0 spiro atoms. The molecule has 3 aromatic carbocycles. The van der Waals surface area contributed by atoms with Crippen LogP contribution >= 0.6 is 27.5 Å². The van der Waals surface area contributed by atoms with Gasteiger partial charge in [-0.15, -0.1) is 0 Å². The Morgan fingerprint density at radius 1 is 0.909 bits per heavy atom. The van der Waals surface area contributed by atoms with Gasteiger partial charge in [-0.25, -0.2) is 8.42 Å². The highest BCUT2D eigenvalue weighted by Crippen LogP contribution is 2.24. The van der Waals surface area contributed by atoms with Crippen LogP contribution in [0.3, 0.4) is 0 Å². The lowest BCUT2D eigenvalue weighted by Crippen LogP contribution is -2.30. The first-order chi connectivity index (χ1) is 15.9. The van der Waals surface area contributed by atoms with Crippen LogP contribution in [-0.2, 0) is 23.1 Å². The van der Waals surface area contributed by atoms with Crippen LogP contribution in [0.5, 0.6) is 0 Å². The van der Waals surface area contributed by atoms with Gasteiger partial charge in [0.1, 0.15) is 11.5 Å². The van der Waals surface area contributed by atoms with Gasteiger partial charge in [-0.2, -0.15) is 4.31 Å². The zero-order valence-electron chi connectivity index (χ0n) is 17.4. The topological polar surface area (TPSA) is 62.9 Å². The van der Waals surface area contributed by atoms with Crippen molar-refractivity contribution in [3.63, 3.8) is 0 Å². The van der Waals surface area contributed by atoms with Gasteiger partial charge in [-0.05, 0) is 60.2 Å². The molecule has 1 aromatic heterocycles. The quantitative estimate of drug-likeness (QED) is 0.229. The van der Waals surface area contributed by atoms with Crippen LogP contribution in [0, 0.1) is 0 Å². The number of rotatable bonds is 8. The van der Waals surface area contributed by atoms with Crippen molar-refractivity contribution in [2.45, 2.75) is 18.0 Å². The lowest BCUT2D eigenvalue weighted by atomic mass is 10.2. The molecule has 0 atom stereocenters. The Labute approximate surface area is 206 Å². The maximum atomic E-state index is 13.4. The smallest absolute Gasteiger partial charge is 0.243 e. The minimum absolute atomic E-state index is 0.0740. The highest BCUT2D eigenvalue weighted by Gasteiger charge is 2.26. The SMILES string of the molecule is O=S(=O)(c1ccc(Cl)cc1)N(Cc1ccccc1)Cc1ccc(C=Nc2cccc(Br)c2)o1. The van der Waals surface area contributed by atoms with Gasteiger partial charge in [-0.1, -0.05) is 63.9 Å². The summed E-state index contributed by atoms with van der Waals surface area (Å²) in [6, 6.07) is 26.7. The van der Waals surface area contributed by atoms with E-state index in [1.165, 1.54) is 16.4 Å². The molecule has 0 aliphatic heterocycles. The minimum Gasteiger partial charge on any atom is -0.459 e. The number of furan rings is 1. The molecule has 0 saturated carbocycles. The van der Waals surface area contributed by atoms with Gasteiger partial charge in [-0.3, -0.25) is 4.99 Å². The van der Waals surface area contributed by atoms with Crippen molar-refractivity contribution in [3.8, 4) is 0 Å². The summed E-state index contributed by atoms with van der Waals surface area (Å²) in [6.07, 6.45) is 1.61. The summed E-state index contributed by atoms with van der Waals surface area (Å²) in [5.74, 6) is 1.05. The molecule has 5 nitrogen and oxygen atoms in total. The average Bonchev–Trinajstić information content (AvgIpc) is 3.26. The van der Waals surface area contributed by atoms with Gasteiger partial charge in [0.15, 0.2) is 0 Å². The van der Waals surface area contributed by atoms with Crippen LogP contribution in [0.2, 0.25) is 5.02 Å². The van der Waals surface area contributed by atoms with E-state index in [4.69, 9.17) is 16.0 Å². The third-order valence-electron chi connectivity index (χ3n) is 4.82. The summed E-state index contributed by atoms with van der Waals surface area (Å²) >= 11 is 9.37. The van der Waals surface area contributed by atoms with Crippen LogP contribution in [-0.4, -0.2) is 18.9 Å². The van der Waals surface area contributed by atoms with E-state index < -0.39 is 10.0 Å². The van der Waals surface area contributed by atoms with E-state index in [0.717, 1.165) is 15.7 Å². The zero-order chi connectivity index (χ0) is 23.3. The lowest BCUT2D eigenvalue weighted by Gasteiger charge is -2.21. The zero-order valence-corrected chi connectivity index (χ0v) is 20.6. The van der Waals surface area contributed by atoms with Crippen molar-refractivity contribution >= 4 is 49.5 Å². The molecular formula is C25H20BrClN2O3S. The fourth-order valence-electron chi connectivity index (χ4n) is 3.19. The van der Waals surface area contributed by atoms with Crippen LogP contribution in [0.4, 0.5) is 5.69 Å². The van der Waals surface area contributed by atoms with Gasteiger partial charge in [0, 0.05) is 16.0 Å².